The quantitative estimate of drug-likeness (QED) is 0.789. The van der Waals surface area contributed by atoms with Gasteiger partial charge in [-0.05, 0) is 32.4 Å². The summed E-state index contributed by atoms with van der Waals surface area (Å²) in [6, 6.07) is 8.34. The molecular weight excluding hydrogens is 214 g/mol. The predicted molar refractivity (Wildman–Crippen MR) is 71.8 cm³/mol. The summed E-state index contributed by atoms with van der Waals surface area (Å²) in [5.74, 6) is 0.911. The fourth-order valence-electron chi connectivity index (χ4n) is 1.55. The van der Waals surface area contributed by atoms with Gasteiger partial charge in [-0.1, -0.05) is 13.0 Å². The third-order valence-corrected chi connectivity index (χ3v) is 2.58. The van der Waals surface area contributed by atoms with Crippen molar-refractivity contribution >= 4 is 5.69 Å². The Hall–Kier alpha value is -1.22. The van der Waals surface area contributed by atoms with Gasteiger partial charge in [0.05, 0.1) is 12.7 Å². The maximum absolute atomic E-state index is 5.77. The molecule has 0 aliphatic carbocycles. The zero-order valence-electron chi connectivity index (χ0n) is 11.2. The molecule has 0 saturated heterocycles. The minimum atomic E-state index is 0.252. The van der Waals surface area contributed by atoms with Crippen LogP contribution in [0, 0.1) is 0 Å². The van der Waals surface area contributed by atoms with E-state index in [4.69, 9.17) is 9.47 Å². The van der Waals surface area contributed by atoms with Crippen LogP contribution in [0.5, 0.6) is 5.75 Å². The van der Waals surface area contributed by atoms with E-state index in [2.05, 4.69) is 26.1 Å². The molecule has 1 aromatic carbocycles. The Morgan fingerprint density at radius 3 is 2.71 bits per heavy atom. The molecule has 0 amide bonds. The standard InChI is InChI=1S/C14H23NO2/c1-5-12(3)17-14-8-6-7-13(9-14)15-11(2)10-16-4/h6-9,11-12,15H,5,10H2,1-4H3. The second-order valence-corrected chi connectivity index (χ2v) is 4.37. The SMILES string of the molecule is CCC(C)Oc1cccc(NC(C)COC)c1. The van der Waals surface area contributed by atoms with E-state index < -0.39 is 0 Å². The van der Waals surface area contributed by atoms with E-state index >= 15 is 0 Å². The molecule has 3 heteroatoms. The molecule has 1 rings (SSSR count). The summed E-state index contributed by atoms with van der Waals surface area (Å²) in [6.45, 7) is 6.98. The predicted octanol–water partition coefficient (Wildman–Crippen LogP) is 3.31. The van der Waals surface area contributed by atoms with Crippen LogP contribution < -0.4 is 10.1 Å². The number of hydrogen-bond donors (Lipinski definition) is 1. The van der Waals surface area contributed by atoms with Gasteiger partial charge in [-0.2, -0.15) is 0 Å². The van der Waals surface area contributed by atoms with Crippen molar-refractivity contribution in [2.45, 2.75) is 39.3 Å². The average Bonchev–Trinajstić information content (AvgIpc) is 2.29. The van der Waals surface area contributed by atoms with Crippen LogP contribution in [0.15, 0.2) is 24.3 Å². The fourth-order valence-corrected chi connectivity index (χ4v) is 1.55. The van der Waals surface area contributed by atoms with Crippen LogP contribution in [-0.4, -0.2) is 25.9 Å². The van der Waals surface area contributed by atoms with Gasteiger partial charge in [0.25, 0.3) is 0 Å². The van der Waals surface area contributed by atoms with Crippen molar-refractivity contribution in [2.75, 3.05) is 19.0 Å². The van der Waals surface area contributed by atoms with Gasteiger partial charge < -0.3 is 14.8 Å². The van der Waals surface area contributed by atoms with Crippen LogP contribution in [0.4, 0.5) is 5.69 Å². The van der Waals surface area contributed by atoms with Gasteiger partial charge in [0.1, 0.15) is 5.75 Å². The highest BCUT2D eigenvalue weighted by Crippen LogP contribution is 2.19. The number of hydrogen-bond acceptors (Lipinski definition) is 3. The van der Waals surface area contributed by atoms with Crippen LogP contribution in [0.25, 0.3) is 0 Å². The van der Waals surface area contributed by atoms with Crippen molar-refractivity contribution in [1.82, 2.24) is 0 Å². The molecule has 0 aliphatic heterocycles. The molecule has 0 fully saturated rings. The Labute approximate surface area is 104 Å². The molecular formula is C14H23NO2. The second kappa shape index (κ2) is 7.17. The Kier molecular flexibility index (Phi) is 5.84. The Morgan fingerprint density at radius 1 is 1.29 bits per heavy atom. The van der Waals surface area contributed by atoms with Crippen LogP contribution >= 0.6 is 0 Å². The molecule has 0 aliphatic rings. The number of anilines is 1. The summed E-state index contributed by atoms with van der Waals surface area (Å²) in [6.07, 6.45) is 1.26. The smallest absolute Gasteiger partial charge is 0.121 e. The van der Waals surface area contributed by atoms with Crippen LogP contribution in [0.3, 0.4) is 0 Å². The first kappa shape index (κ1) is 13.8. The summed E-state index contributed by atoms with van der Waals surface area (Å²) < 4.78 is 10.9. The first-order chi connectivity index (χ1) is 8.15. The third kappa shape index (κ3) is 5.09. The minimum absolute atomic E-state index is 0.252. The highest BCUT2D eigenvalue weighted by atomic mass is 16.5. The molecule has 0 spiro atoms. The van der Waals surface area contributed by atoms with Crippen LogP contribution in [-0.2, 0) is 4.74 Å². The summed E-state index contributed by atoms with van der Waals surface area (Å²) in [4.78, 5) is 0. The Balaban J connectivity index is 2.59. The maximum Gasteiger partial charge on any atom is 0.121 e. The number of nitrogens with one attached hydrogen (secondary N) is 1. The van der Waals surface area contributed by atoms with Gasteiger partial charge in [-0.3, -0.25) is 0 Å². The molecule has 2 unspecified atom stereocenters. The van der Waals surface area contributed by atoms with Crippen molar-refractivity contribution in [2.24, 2.45) is 0 Å². The first-order valence-corrected chi connectivity index (χ1v) is 6.18. The largest absolute Gasteiger partial charge is 0.491 e. The Bertz CT molecular complexity index is 328. The number of benzene rings is 1. The lowest BCUT2D eigenvalue weighted by molar-refractivity contribution is 0.190. The second-order valence-electron chi connectivity index (χ2n) is 4.37. The first-order valence-electron chi connectivity index (χ1n) is 6.18. The summed E-state index contributed by atoms with van der Waals surface area (Å²) in [7, 11) is 1.71. The highest BCUT2D eigenvalue weighted by molar-refractivity contribution is 5.48. The van der Waals surface area contributed by atoms with Crippen LogP contribution in [0.1, 0.15) is 27.2 Å². The van der Waals surface area contributed by atoms with E-state index in [0.717, 1.165) is 17.9 Å². The summed E-state index contributed by atoms with van der Waals surface area (Å²) >= 11 is 0. The molecule has 0 saturated carbocycles. The van der Waals surface area contributed by atoms with Gasteiger partial charge >= 0.3 is 0 Å². The fraction of sp³-hybridized carbons (Fsp3) is 0.571. The topological polar surface area (TPSA) is 30.5 Å². The molecule has 17 heavy (non-hydrogen) atoms. The molecule has 0 aromatic heterocycles. The van der Waals surface area contributed by atoms with Crippen molar-refractivity contribution in [3.63, 3.8) is 0 Å². The molecule has 1 N–H and O–H groups in total. The van der Waals surface area contributed by atoms with Gasteiger partial charge in [-0.15, -0.1) is 0 Å². The van der Waals surface area contributed by atoms with Crippen LogP contribution in [0.2, 0.25) is 0 Å². The van der Waals surface area contributed by atoms with E-state index in [1.165, 1.54) is 0 Å². The van der Waals surface area contributed by atoms with Crippen molar-refractivity contribution < 1.29 is 9.47 Å². The Morgan fingerprint density at radius 2 is 2.06 bits per heavy atom. The lowest BCUT2D eigenvalue weighted by Gasteiger charge is -2.16. The lowest BCUT2D eigenvalue weighted by atomic mass is 10.2. The number of rotatable bonds is 7. The van der Waals surface area contributed by atoms with E-state index in [1.807, 2.05) is 24.3 Å². The monoisotopic (exact) mass is 237 g/mol. The van der Waals surface area contributed by atoms with Crippen molar-refractivity contribution in [3.8, 4) is 5.75 Å². The molecule has 3 nitrogen and oxygen atoms in total. The molecule has 0 bridgehead atoms. The molecule has 0 heterocycles. The average molecular weight is 237 g/mol. The van der Waals surface area contributed by atoms with Gasteiger partial charge in [-0.25, -0.2) is 0 Å². The van der Waals surface area contributed by atoms with Crippen molar-refractivity contribution in [3.05, 3.63) is 24.3 Å². The number of methoxy groups -OCH3 is 1. The van der Waals surface area contributed by atoms with E-state index in [0.29, 0.717) is 12.6 Å². The third-order valence-electron chi connectivity index (χ3n) is 2.58. The zero-order valence-corrected chi connectivity index (χ0v) is 11.2. The number of ether oxygens (including phenoxy) is 2. The summed E-state index contributed by atoms with van der Waals surface area (Å²) in [5.41, 5.74) is 1.07. The zero-order chi connectivity index (χ0) is 12.7. The van der Waals surface area contributed by atoms with E-state index in [1.54, 1.807) is 7.11 Å². The lowest BCUT2D eigenvalue weighted by Crippen LogP contribution is -2.20. The normalized spacial score (nSPS) is 14.1. The van der Waals surface area contributed by atoms with E-state index in [9.17, 15) is 0 Å². The van der Waals surface area contributed by atoms with Gasteiger partial charge in [0.2, 0.25) is 0 Å². The van der Waals surface area contributed by atoms with Gasteiger partial charge in [0.15, 0.2) is 0 Å². The molecule has 1 aromatic rings. The highest BCUT2D eigenvalue weighted by Gasteiger charge is 2.04. The molecule has 2 atom stereocenters. The maximum atomic E-state index is 5.77. The minimum Gasteiger partial charge on any atom is -0.491 e. The molecule has 0 radical (unpaired) electrons. The summed E-state index contributed by atoms with van der Waals surface area (Å²) in [5, 5.41) is 3.37. The van der Waals surface area contributed by atoms with Gasteiger partial charge in [0, 0.05) is 24.9 Å². The van der Waals surface area contributed by atoms with Crippen molar-refractivity contribution in [1.29, 1.82) is 0 Å². The van der Waals surface area contributed by atoms with E-state index in [-0.39, 0.29) is 6.10 Å². The molecule has 96 valence electrons.